The minimum atomic E-state index is 0.0569. The molecule has 0 saturated carbocycles. The minimum absolute atomic E-state index is 0.0569. The predicted molar refractivity (Wildman–Crippen MR) is 112 cm³/mol. The van der Waals surface area contributed by atoms with E-state index in [9.17, 15) is 4.79 Å². The molecule has 2 aromatic heterocycles. The quantitative estimate of drug-likeness (QED) is 0.640. The number of amides is 1. The first kappa shape index (κ1) is 18.9. The zero-order chi connectivity index (χ0) is 20.7. The summed E-state index contributed by atoms with van der Waals surface area (Å²) < 4.78 is 19.0. The Morgan fingerprint density at radius 2 is 1.93 bits per heavy atom. The number of carbonyl (C=O) groups excluding carboxylic acids is 1. The highest BCUT2D eigenvalue weighted by Crippen LogP contribution is 2.39. The summed E-state index contributed by atoms with van der Waals surface area (Å²) in [6.45, 7) is 6.58. The summed E-state index contributed by atoms with van der Waals surface area (Å²) in [7, 11) is 0. The largest absolute Gasteiger partial charge is 0.486 e. The molecule has 1 fully saturated rings. The molecule has 2 aliphatic heterocycles. The van der Waals surface area contributed by atoms with Gasteiger partial charge in [-0.2, -0.15) is 0 Å². The van der Waals surface area contributed by atoms with E-state index in [0.717, 1.165) is 59.2 Å². The molecule has 0 bridgehead atoms. The molecule has 4 heterocycles. The van der Waals surface area contributed by atoms with Crippen molar-refractivity contribution in [3.63, 3.8) is 0 Å². The van der Waals surface area contributed by atoms with Crippen LogP contribution in [0.5, 0.6) is 11.5 Å². The van der Waals surface area contributed by atoms with Gasteiger partial charge in [0, 0.05) is 17.9 Å². The van der Waals surface area contributed by atoms with Crippen molar-refractivity contribution in [3.8, 4) is 11.5 Å². The first-order valence-electron chi connectivity index (χ1n) is 10.5. The number of aromatic nitrogens is 1. The summed E-state index contributed by atoms with van der Waals surface area (Å²) in [6.07, 6.45) is 3.63. The van der Waals surface area contributed by atoms with Crippen LogP contribution in [0.3, 0.4) is 0 Å². The van der Waals surface area contributed by atoms with Gasteiger partial charge in [0.1, 0.15) is 19.0 Å². The molecule has 1 unspecified atom stereocenters. The van der Waals surface area contributed by atoms with E-state index in [4.69, 9.17) is 13.9 Å². The van der Waals surface area contributed by atoms with Gasteiger partial charge in [-0.05, 0) is 62.6 Å². The van der Waals surface area contributed by atoms with Gasteiger partial charge in [-0.1, -0.05) is 6.07 Å². The lowest BCUT2D eigenvalue weighted by Gasteiger charge is -2.27. The molecular formula is C24H26N2O4. The number of ether oxygens (including phenoxy) is 2. The zero-order valence-corrected chi connectivity index (χ0v) is 17.4. The lowest BCUT2D eigenvalue weighted by Crippen LogP contribution is -2.31. The van der Waals surface area contributed by atoms with Crippen molar-refractivity contribution in [1.82, 2.24) is 9.47 Å². The average molecular weight is 406 g/mol. The van der Waals surface area contributed by atoms with Gasteiger partial charge in [-0.3, -0.25) is 4.79 Å². The molecule has 0 spiro atoms. The van der Waals surface area contributed by atoms with E-state index in [1.807, 2.05) is 49.1 Å². The summed E-state index contributed by atoms with van der Waals surface area (Å²) in [6, 6.07) is 12.0. The number of rotatable bonds is 4. The van der Waals surface area contributed by atoms with Crippen molar-refractivity contribution in [3.05, 3.63) is 70.9 Å². The molecule has 6 heteroatoms. The zero-order valence-electron chi connectivity index (χ0n) is 17.4. The maximum Gasteiger partial charge on any atom is 0.256 e. The summed E-state index contributed by atoms with van der Waals surface area (Å²) >= 11 is 0. The lowest BCUT2D eigenvalue weighted by atomic mass is 10.0. The second-order valence-corrected chi connectivity index (χ2v) is 8.01. The van der Waals surface area contributed by atoms with Crippen LogP contribution in [-0.2, 0) is 6.54 Å². The number of furan rings is 1. The van der Waals surface area contributed by atoms with E-state index in [0.29, 0.717) is 19.8 Å². The standard InChI is InChI=1S/C24H26N2O4/c1-16-13-20(17(2)26(16)15-19-5-4-10-28-19)24(27)25-9-3-6-21(25)18-7-8-22-23(14-18)30-12-11-29-22/h4-5,7-8,10,13-14,21H,3,6,9,11-12,15H2,1-2H3. The molecule has 5 rings (SSSR count). The van der Waals surface area contributed by atoms with E-state index < -0.39 is 0 Å². The van der Waals surface area contributed by atoms with Crippen LogP contribution in [0.2, 0.25) is 0 Å². The molecule has 1 atom stereocenters. The maximum atomic E-state index is 13.5. The van der Waals surface area contributed by atoms with Gasteiger partial charge in [0.05, 0.1) is 24.4 Å². The van der Waals surface area contributed by atoms with E-state index in [2.05, 4.69) is 10.6 Å². The minimum Gasteiger partial charge on any atom is -0.486 e. The Morgan fingerprint density at radius 3 is 2.73 bits per heavy atom. The molecule has 3 aromatic rings. The van der Waals surface area contributed by atoms with Gasteiger partial charge >= 0.3 is 0 Å². The molecule has 0 aliphatic carbocycles. The van der Waals surface area contributed by atoms with Crippen molar-refractivity contribution in [1.29, 1.82) is 0 Å². The van der Waals surface area contributed by atoms with Gasteiger partial charge in [0.15, 0.2) is 11.5 Å². The molecule has 2 aliphatic rings. The molecular weight excluding hydrogens is 380 g/mol. The van der Waals surface area contributed by atoms with Crippen LogP contribution in [0.15, 0.2) is 47.1 Å². The average Bonchev–Trinajstić information content (AvgIpc) is 3.51. The Balaban J connectivity index is 1.42. The van der Waals surface area contributed by atoms with Crippen molar-refractivity contribution in [2.75, 3.05) is 19.8 Å². The van der Waals surface area contributed by atoms with E-state index in [1.54, 1.807) is 6.26 Å². The Morgan fingerprint density at radius 1 is 1.10 bits per heavy atom. The van der Waals surface area contributed by atoms with Crippen molar-refractivity contribution in [2.45, 2.75) is 39.3 Å². The van der Waals surface area contributed by atoms with Gasteiger partial charge in [0.2, 0.25) is 0 Å². The number of likely N-dealkylation sites (tertiary alicyclic amines) is 1. The number of benzene rings is 1. The molecule has 1 amide bonds. The van der Waals surface area contributed by atoms with Gasteiger partial charge in [0.25, 0.3) is 5.91 Å². The summed E-state index contributed by atoms with van der Waals surface area (Å²) in [5.74, 6) is 2.52. The third kappa shape index (κ3) is 3.26. The van der Waals surface area contributed by atoms with Crippen LogP contribution in [0.25, 0.3) is 0 Å². The molecule has 0 radical (unpaired) electrons. The van der Waals surface area contributed by atoms with E-state index >= 15 is 0 Å². The Bertz CT molecular complexity index is 1070. The Kier molecular flexibility index (Phi) is 4.77. The van der Waals surface area contributed by atoms with Crippen molar-refractivity contribution >= 4 is 5.91 Å². The van der Waals surface area contributed by atoms with Gasteiger partial charge in [-0.15, -0.1) is 0 Å². The van der Waals surface area contributed by atoms with Gasteiger partial charge in [-0.25, -0.2) is 0 Å². The number of fused-ring (bicyclic) bond motifs is 1. The summed E-state index contributed by atoms with van der Waals surface area (Å²) in [5, 5.41) is 0. The smallest absolute Gasteiger partial charge is 0.256 e. The summed E-state index contributed by atoms with van der Waals surface area (Å²) in [4.78, 5) is 15.5. The maximum absolute atomic E-state index is 13.5. The number of hydrogen-bond acceptors (Lipinski definition) is 4. The SMILES string of the molecule is Cc1cc(C(=O)N2CCCC2c2ccc3c(c2)OCCO3)c(C)n1Cc1ccco1. The Labute approximate surface area is 176 Å². The van der Waals surface area contributed by atoms with E-state index in [-0.39, 0.29) is 11.9 Å². The van der Waals surface area contributed by atoms with Crippen LogP contribution in [-0.4, -0.2) is 35.1 Å². The molecule has 156 valence electrons. The van der Waals surface area contributed by atoms with Crippen molar-refractivity contribution in [2.24, 2.45) is 0 Å². The monoisotopic (exact) mass is 406 g/mol. The molecule has 1 aromatic carbocycles. The van der Waals surface area contributed by atoms with E-state index in [1.165, 1.54) is 0 Å². The number of nitrogens with zero attached hydrogens (tertiary/aromatic N) is 2. The summed E-state index contributed by atoms with van der Waals surface area (Å²) in [5.41, 5.74) is 3.90. The Hall–Kier alpha value is -3.15. The second kappa shape index (κ2) is 7.59. The predicted octanol–water partition coefficient (Wildman–Crippen LogP) is 4.49. The molecule has 6 nitrogen and oxygen atoms in total. The fourth-order valence-corrected chi connectivity index (χ4v) is 4.60. The number of aryl methyl sites for hydroxylation is 1. The van der Waals surface area contributed by atoms with Crippen LogP contribution >= 0.6 is 0 Å². The third-order valence-corrected chi connectivity index (χ3v) is 6.16. The first-order chi connectivity index (χ1) is 14.6. The fourth-order valence-electron chi connectivity index (χ4n) is 4.60. The van der Waals surface area contributed by atoms with Crippen LogP contribution in [0, 0.1) is 13.8 Å². The van der Waals surface area contributed by atoms with Crippen molar-refractivity contribution < 1.29 is 18.7 Å². The number of hydrogen-bond donors (Lipinski definition) is 0. The highest BCUT2D eigenvalue weighted by molar-refractivity contribution is 5.96. The topological polar surface area (TPSA) is 56.8 Å². The highest BCUT2D eigenvalue weighted by Gasteiger charge is 2.33. The third-order valence-electron chi connectivity index (χ3n) is 6.16. The van der Waals surface area contributed by atoms with Crippen LogP contribution < -0.4 is 9.47 Å². The first-order valence-corrected chi connectivity index (χ1v) is 10.5. The molecule has 30 heavy (non-hydrogen) atoms. The highest BCUT2D eigenvalue weighted by atomic mass is 16.6. The number of carbonyl (C=O) groups is 1. The van der Waals surface area contributed by atoms with Crippen LogP contribution in [0.1, 0.15) is 52.0 Å². The fraction of sp³-hybridized carbons (Fsp3) is 0.375. The lowest BCUT2D eigenvalue weighted by molar-refractivity contribution is 0.0734. The van der Waals surface area contributed by atoms with Crippen LogP contribution in [0.4, 0.5) is 0 Å². The van der Waals surface area contributed by atoms with Gasteiger partial charge < -0.3 is 23.4 Å². The molecule has 0 N–H and O–H groups in total. The molecule has 1 saturated heterocycles. The normalized spacial score (nSPS) is 18.1. The second-order valence-electron chi connectivity index (χ2n) is 8.01.